The van der Waals surface area contributed by atoms with Crippen LogP contribution in [0.2, 0.25) is 0 Å². The normalized spacial score (nSPS) is 11.6. The van der Waals surface area contributed by atoms with E-state index in [1.807, 2.05) is 6.07 Å². The van der Waals surface area contributed by atoms with Gasteiger partial charge in [-0.25, -0.2) is 9.59 Å². The summed E-state index contributed by atoms with van der Waals surface area (Å²) in [4.78, 5) is 38.9. The van der Waals surface area contributed by atoms with E-state index in [0.717, 1.165) is 4.47 Å². The van der Waals surface area contributed by atoms with Crippen LogP contribution in [0, 0.1) is 0 Å². The van der Waals surface area contributed by atoms with Gasteiger partial charge in [-0.15, -0.1) is 0 Å². The van der Waals surface area contributed by atoms with Crippen LogP contribution in [0.15, 0.2) is 86.5 Å². The Morgan fingerprint density at radius 1 is 0.917 bits per heavy atom. The van der Waals surface area contributed by atoms with E-state index >= 15 is 0 Å². The van der Waals surface area contributed by atoms with Gasteiger partial charge in [0.1, 0.15) is 11.3 Å². The molecule has 0 bridgehead atoms. The summed E-state index contributed by atoms with van der Waals surface area (Å²) in [6.07, 6.45) is -1.03. The van der Waals surface area contributed by atoms with Gasteiger partial charge in [-0.2, -0.15) is 0 Å². The molecule has 0 saturated heterocycles. The Hall–Kier alpha value is -3.91. The largest absolute Gasteiger partial charge is 0.474 e. The second-order valence-corrected chi connectivity index (χ2v) is 8.60. The van der Waals surface area contributed by atoms with E-state index in [2.05, 4.69) is 15.9 Å². The van der Waals surface area contributed by atoms with Crippen molar-refractivity contribution in [3.63, 3.8) is 0 Å². The Bertz CT molecular complexity index is 1440. The van der Waals surface area contributed by atoms with E-state index in [4.69, 9.17) is 18.6 Å². The highest BCUT2D eigenvalue weighted by atomic mass is 79.9. The number of hydrogen-bond donors (Lipinski definition) is 0. The van der Waals surface area contributed by atoms with Crippen molar-refractivity contribution < 1.29 is 28.2 Å². The van der Waals surface area contributed by atoms with E-state index in [1.165, 1.54) is 6.07 Å². The minimum absolute atomic E-state index is 0.107. The van der Waals surface area contributed by atoms with Gasteiger partial charge in [0, 0.05) is 16.1 Å². The summed E-state index contributed by atoms with van der Waals surface area (Å²) in [7, 11) is 0. The molecule has 8 heteroatoms. The number of rotatable bonds is 8. The van der Waals surface area contributed by atoms with Crippen molar-refractivity contribution in [1.82, 2.24) is 0 Å². The Balaban J connectivity index is 1.82. The van der Waals surface area contributed by atoms with Gasteiger partial charge in [-0.05, 0) is 43.7 Å². The lowest BCUT2D eigenvalue weighted by molar-refractivity contribution is -0.151. The third kappa shape index (κ3) is 5.33. The average molecular weight is 551 g/mol. The van der Waals surface area contributed by atoms with Crippen LogP contribution in [0.25, 0.3) is 22.1 Å². The number of benzene rings is 3. The van der Waals surface area contributed by atoms with Gasteiger partial charge < -0.3 is 18.6 Å². The lowest BCUT2D eigenvalue weighted by Gasteiger charge is -2.18. The molecular weight excluding hydrogens is 528 g/mol. The maximum absolute atomic E-state index is 13.5. The summed E-state index contributed by atoms with van der Waals surface area (Å²) in [6.45, 7) is 3.69. The smallest absolute Gasteiger partial charge is 0.375 e. The molecule has 1 unspecified atom stereocenters. The van der Waals surface area contributed by atoms with E-state index < -0.39 is 23.5 Å². The van der Waals surface area contributed by atoms with Crippen molar-refractivity contribution in [2.75, 3.05) is 13.2 Å². The molecule has 0 fully saturated rings. The summed E-state index contributed by atoms with van der Waals surface area (Å²) in [5, 5.41) is 0.251. The van der Waals surface area contributed by atoms with Crippen LogP contribution in [0.3, 0.4) is 0 Å². The molecule has 1 atom stereocenters. The molecule has 36 heavy (non-hydrogen) atoms. The van der Waals surface area contributed by atoms with E-state index in [0.29, 0.717) is 11.1 Å². The molecule has 0 spiro atoms. The second kappa shape index (κ2) is 11.2. The van der Waals surface area contributed by atoms with Crippen molar-refractivity contribution in [2.24, 2.45) is 0 Å². The van der Waals surface area contributed by atoms with Crippen molar-refractivity contribution >= 4 is 38.8 Å². The SMILES string of the molecule is CCOC(=O)c1oc2cc(OC(C(=O)OCC)c3ccccc3)ccc2c(=O)c1-c1ccc(Br)cc1. The molecule has 1 heterocycles. The molecule has 7 nitrogen and oxygen atoms in total. The fraction of sp³-hybridized carbons (Fsp3) is 0.179. The average Bonchev–Trinajstić information content (AvgIpc) is 2.88. The Labute approximate surface area is 215 Å². The molecule has 4 aromatic rings. The van der Waals surface area contributed by atoms with Crippen LogP contribution in [-0.2, 0) is 14.3 Å². The van der Waals surface area contributed by atoms with Crippen molar-refractivity contribution in [3.05, 3.63) is 98.8 Å². The fourth-order valence-corrected chi connectivity index (χ4v) is 3.96. The van der Waals surface area contributed by atoms with Crippen molar-refractivity contribution in [1.29, 1.82) is 0 Å². The molecule has 0 amide bonds. The summed E-state index contributed by atoms with van der Waals surface area (Å²) in [5.74, 6) is -1.25. The number of hydrogen-bond acceptors (Lipinski definition) is 7. The Kier molecular flexibility index (Phi) is 7.85. The van der Waals surface area contributed by atoms with Crippen molar-refractivity contribution in [3.8, 4) is 16.9 Å². The first-order valence-corrected chi connectivity index (χ1v) is 12.1. The van der Waals surface area contributed by atoms with Gasteiger partial charge >= 0.3 is 11.9 Å². The van der Waals surface area contributed by atoms with Crippen LogP contribution in [0.4, 0.5) is 0 Å². The van der Waals surface area contributed by atoms with Gasteiger partial charge in [-0.3, -0.25) is 4.79 Å². The summed E-state index contributed by atoms with van der Waals surface area (Å²) in [5.41, 5.74) is 0.963. The minimum Gasteiger partial charge on any atom is -0.474 e. The molecule has 0 radical (unpaired) electrons. The number of fused-ring (bicyclic) bond motifs is 1. The quantitative estimate of drug-likeness (QED) is 0.245. The number of carbonyl (C=O) groups is 2. The van der Waals surface area contributed by atoms with Crippen molar-refractivity contribution in [2.45, 2.75) is 20.0 Å². The van der Waals surface area contributed by atoms with Crippen LogP contribution in [-0.4, -0.2) is 25.2 Å². The van der Waals surface area contributed by atoms with Gasteiger partial charge in [-0.1, -0.05) is 58.4 Å². The lowest BCUT2D eigenvalue weighted by atomic mass is 10.0. The summed E-state index contributed by atoms with van der Waals surface area (Å²) >= 11 is 3.37. The summed E-state index contributed by atoms with van der Waals surface area (Å²) < 4.78 is 23.1. The molecule has 3 aromatic carbocycles. The number of esters is 2. The number of halogens is 1. The van der Waals surface area contributed by atoms with Gasteiger partial charge in [0.25, 0.3) is 0 Å². The fourth-order valence-electron chi connectivity index (χ4n) is 3.70. The zero-order chi connectivity index (χ0) is 25.7. The predicted molar refractivity (Wildman–Crippen MR) is 138 cm³/mol. The van der Waals surface area contributed by atoms with Crippen LogP contribution >= 0.6 is 15.9 Å². The maximum Gasteiger partial charge on any atom is 0.375 e. The van der Waals surface area contributed by atoms with Gasteiger partial charge in [0.05, 0.1) is 24.2 Å². The highest BCUT2D eigenvalue weighted by Crippen LogP contribution is 2.30. The lowest BCUT2D eigenvalue weighted by Crippen LogP contribution is -2.21. The minimum atomic E-state index is -1.03. The van der Waals surface area contributed by atoms with E-state index in [1.54, 1.807) is 74.5 Å². The Morgan fingerprint density at radius 2 is 1.61 bits per heavy atom. The van der Waals surface area contributed by atoms with Gasteiger partial charge in [0.15, 0.2) is 0 Å². The highest BCUT2D eigenvalue weighted by molar-refractivity contribution is 9.10. The van der Waals surface area contributed by atoms with Gasteiger partial charge in [0.2, 0.25) is 17.3 Å². The molecule has 0 N–H and O–H groups in total. The number of ether oxygens (including phenoxy) is 3. The number of carbonyl (C=O) groups excluding carboxylic acids is 2. The molecule has 1 aromatic heterocycles. The topological polar surface area (TPSA) is 92.0 Å². The molecule has 184 valence electrons. The molecule has 0 aliphatic carbocycles. The zero-order valence-electron chi connectivity index (χ0n) is 19.7. The first-order valence-electron chi connectivity index (χ1n) is 11.3. The van der Waals surface area contributed by atoms with Crippen LogP contribution in [0.1, 0.15) is 36.1 Å². The Morgan fingerprint density at radius 3 is 2.28 bits per heavy atom. The molecule has 4 rings (SSSR count). The van der Waals surface area contributed by atoms with E-state index in [9.17, 15) is 14.4 Å². The first-order chi connectivity index (χ1) is 17.4. The molecule has 0 saturated carbocycles. The molecular formula is C28H23BrO7. The zero-order valence-corrected chi connectivity index (χ0v) is 21.2. The third-order valence-electron chi connectivity index (χ3n) is 5.31. The molecule has 0 aliphatic rings. The second-order valence-electron chi connectivity index (χ2n) is 7.68. The summed E-state index contributed by atoms with van der Waals surface area (Å²) in [6, 6.07) is 20.5. The van der Waals surface area contributed by atoms with Crippen LogP contribution in [0.5, 0.6) is 5.75 Å². The molecule has 0 aliphatic heterocycles. The highest BCUT2D eigenvalue weighted by Gasteiger charge is 2.26. The third-order valence-corrected chi connectivity index (χ3v) is 5.84. The van der Waals surface area contributed by atoms with Crippen LogP contribution < -0.4 is 10.2 Å². The predicted octanol–water partition coefficient (Wildman–Crippen LogP) is 6.08. The first kappa shape index (κ1) is 25.2. The maximum atomic E-state index is 13.5. The standard InChI is InChI=1S/C28H23BrO7/c1-3-33-27(31)25(18-8-6-5-7-9-18)35-20-14-15-21-22(16-20)36-26(28(32)34-4-2)23(24(21)30)17-10-12-19(29)13-11-17/h5-16,25H,3-4H2,1-2H3. The van der Waals surface area contributed by atoms with E-state index in [-0.39, 0.29) is 41.3 Å². The monoisotopic (exact) mass is 550 g/mol.